The van der Waals surface area contributed by atoms with Crippen molar-refractivity contribution in [2.45, 2.75) is 0 Å². The number of rotatable bonds is 6. The topological polar surface area (TPSA) is 58.4 Å². The SMILES string of the molecule is c1ccc(-c2ccc3c4ccccc4n(-c4ccc(-c5ccc6c7ccccc7n(-c7nc(-n8c9ccccc9c9ccccc98)nc(-n8c9ccccc9c9ccccc98)n7)c6c5)cc4)c3c2)cc1. The molecule has 0 aliphatic carbocycles. The van der Waals surface area contributed by atoms with E-state index < -0.39 is 0 Å². The van der Waals surface area contributed by atoms with Crippen LogP contribution in [-0.4, -0.2) is 33.2 Å². The van der Waals surface area contributed by atoms with Crippen molar-refractivity contribution in [2.75, 3.05) is 0 Å². The van der Waals surface area contributed by atoms with Crippen molar-refractivity contribution in [3.05, 3.63) is 237 Å². The van der Waals surface area contributed by atoms with Crippen LogP contribution in [0.1, 0.15) is 0 Å². The van der Waals surface area contributed by atoms with Crippen LogP contribution in [0.2, 0.25) is 0 Å². The van der Waals surface area contributed by atoms with E-state index in [1.54, 1.807) is 0 Å². The van der Waals surface area contributed by atoms with E-state index in [4.69, 9.17) is 15.0 Å². The molecule has 7 heteroatoms. The summed E-state index contributed by atoms with van der Waals surface area (Å²) < 4.78 is 9.00. The monoisotopic (exact) mass is 893 g/mol. The second-order valence-corrected chi connectivity index (χ2v) is 18.1. The van der Waals surface area contributed by atoms with E-state index in [2.05, 4.69) is 255 Å². The first-order valence-corrected chi connectivity index (χ1v) is 23.7. The number of benzene rings is 10. The molecule has 5 heterocycles. The molecular weight excluding hydrogens is 855 g/mol. The van der Waals surface area contributed by atoms with E-state index >= 15 is 0 Å². The summed E-state index contributed by atoms with van der Waals surface area (Å²) in [5, 5.41) is 9.27. The standard InChI is InChI=1S/C63H39N7/c1-2-16-40(17-3-1)42-32-36-51-49-22-4-10-24-53(49)67(59(51)38-42)44-34-30-41(31-35-44)43-33-37-52-50-23-9-15-29-58(50)70(60(52)39-43)63-65-61(68-54-25-11-5-18-45(54)46-19-6-12-26-55(46)68)64-62(66-63)69-56-27-13-7-20-47(56)48-21-8-14-28-57(48)69/h1-39H. The number of nitrogens with zero attached hydrogens (tertiary/aromatic N) is 7. The lowest BCUT2D eigenvalue weighted by Gasteiger charge is -2.14. The maximum atomic E-state index is 5.49. The number of para-hydroxylation sites is 6. The predicted octanol–water partition coefficient (Wildman–Crippen LogP) is 15.6. The molecule has 0 bridgehead atoms. The summed E-state index contributed by atoms with van der Waals surface area (Å²) in [6.45, 7) is 0. The third-order valence-electron chi connectivity index (χ3n) is 14.3. The largest absolute Gasteiger partial charge is 0.309 e. The van der Waals surface area contributed by atoms with Crippen molar-refractivity contribution in [1.29, 1.82) is 0 Å². The summed E-state index contributed by atoms with van der Waals surface area (Å²) in [4.78, 5) is 16.4. The molecule has 0 unspecified atom stereocenters. The van der Waals surface area contributed by atoms with Crippen LogP contribution >= 0.6 is 0 Å². The molecular formula is C63H39N7. The summed E-state index contributed by atoms with van der Waals surface area (Å²) in [7, 11) is 0. The van der Waals surface area contributed by atoms with Crippen molar-refractivity contribution in [2.24, 2.45) is 0 Å². The molecule has 5 aromatic heterocycles. The minimum atomic E-state index is 0.531. The average molecular weight is 894 g/mol. The molecule has 0 amide bonds. The predicted molar refractivity (Wildman–Crippen MR) is 288 cm³/mol. The van der Waals surface area contributed by atoms with Crippen LogP contribution in [0.4, 0.5) is 0 Å². The van der Waals surface area contributed by atoms with E-state index in [-0.39, 0.29) is 0 Å². The molecule has 70 heavy (non-hydrogen) atoms. The third-order valence-corrected chi connectivity index (χ3v) is 14.3. The second-order valence-electron chi connectivity index (χ2n) is 18.1. The molecule has 0 aliphatic rings. The lowest BCUT2D eigenvalue weighted by Crippen LogP contribution is -2.13. The van der Waals surface area contributed by atoms with E-state index in [0.717, 1.165) is 82.2 Å². The Labute approximate surface area is 401 Å². The zero-order valence-corrected chi connectivity index (χ0v) is 37.6. The Hall–Kier alpha value is -9.59. The normalized spacial score (nSPS) is 12.0. The third kappa shape index (κ3) is 5.66. The number of aromatic nitrogens is 7. The van der Waals surface area contributed by atoms with Gasteiger partial charge in [-0.25, -0.2) is 0 Å². The quantitative estimate of drug-likeness (QED) is 0.167. The van der Waals surface area contributed by atoms with Crippen LogP contribution in [0.15, 0.2) is 237 Å². The van der Waals surface area contributed by atoms with Crippen molar-refractivity contribution in [1.82, 2.24) is 33.2 Å². The Bertz CT molecular complexity index is 4350. The summed E-state index contributed by atoms with van der Waals surface area (Å²) in [5.41, 5.74) is 14.2. The molecule has 0 N–H and O–H groups in total. The number of hydrogen-bond donors (Lipinski definition) is 0. The first kappa shape index (κ1) is 38.5. The smallest absolute Gasteiger partial charge is 0.241 e. The Morgan fingerprint density at radius 3 is 0.857 bits per heavy atom. The Morgan fingerprint density at radius 1 is 0.200 bits per heavy atom. The summed E-state index contributed by atoms with van der Waals surface area (Å²) >= 11 is 0. The molecule has 0 fully saturated rings. The summed E-state index contributed by atoms with van der Waals surface area (Å²) in [5.74, 6) is 1.61. The van der Waals surface area contributed by atoms with Crippen molar-refractivity contribution in [3.8, 4) is 45.8 Å². The number of hydrogen-bond acceptors (Lipinski definition) is 3. The van der Waals surface area contributed by atoms with Gasteiger partial charge in [-0.2, -0.15) is 15.0 Å². The molecule has 0 aliphatic heterocycles. The van der Waals surface area contributed by atoms with Crippen LogP contribution in [0.3, 0.4) is 0 Å². The van der Waals surface area contributed by atoms with E-state index in [9.17, 15) is 0 Å². The molecule has 0 radical (unpaired) electrons. The van der Waals surface area contributed by atoms with Crippen molar-refractivity contribution in [3.63, 3.8) is 0 Å². The van der Waals surface area contributed by atoms with Gasteiger partial charge in [-0.3, -0.25) is 13.7 Å². The molecule has 7 nitrogen and oxygen atoms in total. The van der Waals surface area contributed by atoms with Crippen molar-refractivity contribution >= 4 is 87.2 Å². The molecule has 326 valence electrons. The number of fused-ring (bicyclic) bond motifs is 12. The highest BCUT2D eigenvalue weighted by Crippen LogP contribution is 2.39. The summed E-state index contributed by atoms with van der Waals surface area (Å²) in [6.07, 6.45) is 0. The fourth-order valence-corrected chi connectivity index (χ4v) is 11.1. The van der Waals surface area contributed by atoms with Gasteiger partial charge < -0.3 is 4.57 Å². The van der Waals surface area contributed by atoms with E-state index in [0.29, 0.717) is 17.8 Å². The Balaban J connectivity index is 0.942. The average Bonchev–Trinajstić information content (AvgIpc) is 4.16. The Morgan fingerprint density at radius 2 is 0.471 bits per heavy atom. The highest BCUT2D eigenvalue weighted by Gasteiger charge is 2.23. The van der Waals surface area contributed by atoms with Gasteiger partial charge >= 0.3 is 0 Å². The zero-order valence-electron chi connectivity index (χ0n) is 37.6. The molecule has 15 aromatic rings. The van der Waals surface area contributed by atoms with Crippen LogP contribution in [-0.2, 0) is 0 Å². The molecule has 10 aromatic carbocycles. The van der Waals surface area contributed by atoms with Gasteiger partial charge in [-0.15, -0.1) is 0 Å². The van der Waals surface area contributed by atoms with Gasteiger partial charge in [0, 0.05) is 48.8 Å². The minimum Gasteiger partial charge on any atom is -0.309 e. The maximum Gasteiger partial charge on any atom is 0.241 e. The highest BCUT2D eigenvalue weighted by molar-refractivity contribution is 6.13. The maximum absolute atomic E-state index is 5.49. The van der Waals surface area contributed by atoms with Gasteiger partial charge in [0.2, 0.25) is 17.8 Å². The van der Waals surface area contributed by atoms with Gasteiger partial charge in [0.25, 0.3) is 0 Å². The van der Waals surface area contributed by atoms with Crippen LogP contribution < -0.4 is 0 Å². The van der Waals surface area contributed by atoms with Gasteiger partial charge in [0.05, 0.1) is 44.1 Å². The fraction of sp³-hybridized carbons (Fsp3) is 0. The molecule has 0 spiro atoms. The van der Waals surface area contributed by atoms with Gasteiger partial charge in [0.15, 0.2) is 0 Å². The molecule has 0 atom stereocenters. The second kappa shape index (κ2) is 15.0. The van der Waals surface area contributed by atoms with Crippen molar-refractivity contribution < 1.29 is 0 Å². The lowest BCUT2D eigenvalue weighted by atomic mass is 10.0. The molecule has 15 rings (SSSR count). The minimum absolute atomic E-state index is 0.531. The van der Waals surface area contributed by atoms with Crippen LogP contribution in [0.25, 0.3) is 133 Å². The molecule has 0 saturated heterocycles. The summed E-state index contributed by atoms with van der Waals surface area (Å²) in [6, 6.07) is 84.5. The van der Waals surface area contributed by atoms with E-state index in [1.807, 2.05) is 0 Å². The Kier molecular flexibility index (Phi) is 8.23. The fourth-order valence-electron chi connectivity index (χ4n) is 11.1. The zero-order chi connectivity index (χ0) is 45.9. The van der Waals surface area contributed by atoms with Gasteiger partial charge in [-0.05, 0) is 82.9 Å². The first-order valence-electron chi connectivity index (χ1n) is 23.7. The first-order chi connectivity index (χ1) is 34.7. The molecule has 0 saturated carbocycles. The van der Waals surface area contributed by atoms with Gasteiger partial charge in [-0.1, -0.05) is 176 Å². The van der Waals surface area contributed by atoms with Crippen LogP contribution in [0.5, 0.6) is 0 Å². The van der Waals surface area contributed by atoms with Gasteiger partial charge in [0.1, 0.15) is 0 Å². The highest BCUT2D eigenvalue weighted by atomic mass is 15.3. The van der Waals surface area contributed by atoms with Crippen LogP contribution in [0, 0.1) is 0 Å². The lowest BCUT2D eigenvalue weighted by molar-refractivity contribution is 0.848. The van der Waals surface area contributed by atoms with E-state index in [1.165, 1.54) is 32.9 Å².